The number of aromatic amines is 1. The van der Waals surface area contributed by atoms with E-state index in [1.165, 1.54) is 0 Å². The van der Waals surface area contributed by atoms with Crippen LogP contribution in [0.15, 0.2) is 23.7 Å². The van der Waals surface area contributed by atoms with Crippen molar-refractivity contribution in [3.63, 3.8) is 0 Å². The van der Waals surface area contributed by atoms with Crippen LogP contribution >= 0.6 is 11.3 Å². The smallest absolute Gasteiger partial charge is 0.253 e. The number of aliphatic hydroxyl groups is 1. The first-order chi connectivity index (χ1) is 14.2. The Kier molecular flexibility index (Phi) is 4.94. The predicted octanol–water partition coefficient (Wildman–Crippen LogP) is 1.74. The first-order valence-electron chi connectivity index (χ1n) is 10.1. The zero-order valence-electron chi connectivity index (χ0n) is 16.0. The van der Waals surface area contributed by atoms with Crippen LogP contribution in [-0.2, 0) is 0 Å². The molecule has 2 aliphatic rings. The van der Waals surface area contributed by atoms with Crippen molar-refractivity contribution in [1.82, 2.24) is 25.6 Å². The highest BCUT2D eigenvalue weighted by Gasteiger charge is 2.23. The van der Waals surface area contributed by atoms with E-state index in [2.05, 4.69) is 41.9 Å². The van der Waals surface area contributed by atoms with Crippen LogP contribution in [0.3, 0.4) is 0 Å². The molecule has 2 aliphatic heterocycles. The molecule has 5 rings (SSSR count). The van der Waals surface area contributed by atoms with Gasteiger partial charge in [-0.05, 0) is 37.9 Å². The van der Waals surface area contributed by atoms with Gasteiger partial charge in [0.25, 0.3) is 5.91 Å². The lowest BCUT2D eigenvalue weighted by Crippen LogP contribution is -2.45. The van der Waals surface area contributed by atoms with Gasteiger partial charge in [-0.3, -0.25) is 4.79 Å². The summed E-state index contributed by atoms with van der Waals surface area (Å²) in [6.45, 7) is 3.34. The van der Waals surface area contributed by atoms with Crippen LogP contribution in [0.4, 0.5) is 5.69 Å². The third kappa shape index (κ3) is 3.73. The number of β-amino-alcohol motifs (C(OH)–C–C–N with tert-alkyl or cyclic N) is 1. The Bertz CT molecular complexity index is 1030. The summed E-state index contributed by atoms with van der Waals surface area (Å²) in [5.41, 5.74) is 2.87. The molecular formula is C20H24N6O2S. The third-order valence-corrected chi connectivity index (χ3v) is 6.54. The van der Waals surface area contributed by atoms with E-state index in [0.717, 1.165) is 49.5 Å². The Labute approximate surface area is 172 Å². The molecule has 0 aliphatic carbocycles. The number of carbonyl (C=O) groups excluding carboxylic acids is 1. The molecule has 8 nitrogen and oxygen atoms in total. The number of amides is 1. The van der Waals surface area contributed by atoms with Crippen molar-refractivity contribution in [2.45, 2.75) is 31.4 Å². The molecule has 3 aromatic rings. The Morgan fingerprint density at radius 2 is 2.31 bits per heavy atom. The van der Waals surface area contributed by atoms with Crippen molar-refractivity contribution in [3.8, 4) is 10.7 Å². The normalized spacial score (nSPS) is 22.3. The number of aliphatic hydroxyl groups excluding tert-OH is 1. The molecule has 0 bridgehead atoms. The van der Waals surface area contributed by atoms with E-state index in [0.29, 0.717) is 29.1 Å². The number of hydrogen-bond acceptors (Lipinski definition) is 7. The van der Waals surface area contributed by atoms with E-state index in [4.69, 9.17) is 0 Å². The van der Waals surface area contributed by atoms with Gasteiger partial charge in [0, 0.05) is 42.9 Å². The minimum Gasteiger partial charge on any atom is -0.391 e. The maximum absolute atomic E-state index is 12.8. The second-order valence-electron chi connectivity index (χ2n) is 7.72. The van der Waals surface area contributed by atoms with Crippen LogP contribution < -0.4 is 15.5 Å². The van der Waals surface area contributed by atoms with Crippen LogP contribution in [0, 0.1) is 0 Å². The van der Waals surface area contributed by atoms with Crippen LogP contribution in [-0.4, -0.2) is 64.3 Å². The van der Waals surface area contributed by atoms with Gasteiger partial charge in [-0.2, -0.15) is 0 Å². The van der Waals surface area contributed by atoms with Crippen molar-refractivity contribution in [2.24, 2.45) is 0 Å². The molecule has 0 radical (unpaired) electrons. The number of fused-ring (bicyclic) bond motifs is 1. The topological polar surface area (TPSA) is 106 Å². The Hall–Kier alpha value is -2.49. The zero-order valence-corrected chi connectivity index (χ0v) is 16.8. The molecule has 1 unspecified atom stereocenters. The third-order valence-electron chi connectivity index (χ3n) is 5.62. The summed E-state index contributed by atoms with van der Waals surface area (Å²) in [6, 6.07) is 3.97. The SMILES string of the molecule is O=C(NC1CCCNC1)c1ccnc2nc(-c3cc(N4CC[C@H](O)C4)cs3)[nH]c12. The van der Waals surface area contributed by atoms with Gasteiger partial charge < -0.3 is 25.6 Å². The first kappa shape index (κ1) is 18.5. The van der Waals surface area contributed by atoms with Crippen LogP contribution in [0.25, 0.3) is 21.9 Å². The summed E-state index contributed by atoms with van der Waals surface area (Å²) in [5, 5.41) is 18.3. The van der Waals surface area contributed by atoms with Crippen molar-refractivity contribution in [3.05, 3.63) is 29.3 Å². The Morgan fingerprint density at radius 3 is 3.10 bits per heavy atom. The van der Waals surface area contributed by atoms with Gasteiger partial charge >= 0.3 is 0 Å². The number of nitrogens with one attached hydrogen (secondary N) is 3. The fraction of sp³-hybridized carbons (Fsp3) is 0.450. The van der Waals surface area contributed by atoms with Crippen LogP contribution in [0.2, 0.25) is 0 Å². The molecule has 0 spiro atoms. The number of imidazole rings is 1. The van der Waals surface area contributed by atoms with Gasteiger partial charge in [0.05, 0.1) is 22.1 Å². The number of nitrogens with zero attached hydrogens (tertiary/aromatic N) is 3. The Balaban J connectivity index is 1.40. The number of carbonyl (C=O) groups is 1. The van der Waals surface area contributed by atoms with E-state index in [1.807, 2.05) is 0 Å². The van der Waals surface area contributed by atoms with E-state index in [-0.39, 0.29) is 18.1 Å². The fourth-order valence-corrected chi connectivity index (χ4v) is 4.91. The number of thiophene rings is 1. The van der Waals surface area contributed by atoms with E-state index in [9.17, 15) is 9.90 Å². The average molecular weight is 413 g/mol. The minimum absolute atomic E-state index is 0.0979. The quantitative estimate of drug-likeness (QED) is 0.520. The van der Waals surface area contributed by atoms with Crippen molar-refractivity contribution < 1.29 is 9.90 Å². The second kappa shape index (κ2) is 7.74. The number of aromatic nitrogens is 3. The van der Waals surface area contributed by atoms with Crippen molar-refractivity contribution in [2.75, 3.05) is 31.1 Å². The van der Waals surface area contributed by atoms with E-state index < -0.39 is 0 Å². The molecule has 2 atom stereocenters. The molecule has 3 aromatic heterocycles. The van der Waals surface area contributed by atoms with E-state index >= 15 is 0 Å². The molecule has 0 aromatic carbocycles. The summed E-state index contributed by atoms with van der Waals surface area (Å²) < 4.78 is 0. The number of pyridine rings is 1. The molecule has 5 heterocycles. The Morgan fingerprint density at radius 1 is 1.38 bits per heavy atom. The van der Waals surface area contributed by atoms with Gasteiger partial charge in [0.15, 0.2) is 11.5 Å². The number of hydrogen-bond donors (Lipinski definition) is 4. The van der Waals surface area contributed by atoms with Gasteiger partial charge in [-0.25, -0.2) is 9.97 Å². The summed E-state index contributed by atoms with van der Waals surface area (Å²) >= 11 is 1.60. The zero-order chi connectivity index (χ0) is 19.8. The summed E-state index contributed by atoms with van der Waals surface area (Å²) in [6.07, 6.45) is 4.24. The van der Waals surface area contributed by atoms with Crippen molar-refractivity contribution in [1.29, 1.82) is 0 Å². The number of rotatable bonds is 4. The van der Waals surface area contributed by atoms with E-state index in [1.54, 1.807) is 23.6 Å². The number of piperidine rings is 1. The highest BCUT2D eigenvalue weighted by atomic mass is 32.1. The van der Waals surface area contributed by atoms with Crippen LogP contribution in [0.5, 0.6) is 0 Å². The number of anilines is 1. The molecule has 29 heavy (non-hydrogen) atoms. The maximum Gasteiger partial charge on any atom is 0.253 e. The minimum atomic E-state index is -0.255. The molecule has 1 amide bonds. The standard InChI is InChI=1S/C20H24N6O2S/c27-14-4-7-26(10-14)13-8-16(29-11-13)18-24-17-15(3-6-22-19(17)25-18)20(28)23-12-2-1-5-21-9-12/h3,6,8,11-12,14,21,27H,1-2,4-5,7,9-10H2,(H,23,28)(H,22,24,25)/t12?,14-/m0/s1. The molecule has 9 heteroatoms. The second-order valence-corrected chi connectivity index (χ2v) is 8.63. The molecular weight excluding hydrogens is 388 g/mol. The number of H-pyrrole nitrogens is 1. The first-order valence-corrected chi connectivity index (χ1v) is 10.9. The lowest BCUT2D eigenvalue weighted by atomic mass is 10.1. The summed E-state index contributed by atoms with van der Waals surface area (Å²) in [4.78, 5) is 28.3. The van der Waals surface area contributed by atoms with Crippen LogP contribution in [0.1, 0.15) is 29.6 Å². The predicted molar refractivity (Wildman–Crippen MR) is 113 cm³/mol. The summed E-state index contributed by atoms with van der Waals surface area (Å²) in [5.74, 6) is 0.613. The van der Waals surface area contributed by atoms with Gasteiger partial charge in [-0.1, -0.05) is 0 Å². The highest BCUT2D eigenvalue weighted by Crippen LogP contribution is 2.33. The molecule has 0 saturated carbocycles. The van der Waals surface area contributed by atoms with Gasteiger partial charge in [-0.15, -0.1) is 11.3 Å². The lowest BCUT2D eigenvalue weighted by Gasteiger charge is -2.23. The molecule has 4 N–H and O–H groups in total. The van der Waals surface area contributed by atoms with Gasteiger partial charge in [0.2, 0.25) is 0 Å². The summed E-state index contributed by atoms with van der Waals surface area (Å²) in [7, 11) is 0. The molecule has 2 fully saturated rings. The highest BCUT2D eigenvalue weighted by molar-refractivity contribution is 7.14. The van der Waals surface area contributed by atoms with Gasteiger partial charge in [0.1, 0.15) is 0 Å². The average Bonchev–Trinajstić information content (AvgIpc) is 3.46. The largest absolute Gasteiger partial charge is 0.391 e. The fourth-order valence-electron chi connectivity index (χ4n) is 4.05. The molecule has 2 saturated heterocycles. The monoisotopic (exact) mass is 412 g/mol. The maximum atomic E-state index is 12.8. The van der Waals surface area contributed by atoms with Crippen molar-refractivity contribution >= 4 is 34.1 Å². The molecule has 152 valence electrons. The lowest BCUT2D eigenvalue weighted by molar-refractivity contribution is 0.0932.